The molecule has 34 heavy (non-hydrogen) atoms. The third-order valence-electron chi connectivity index (χ3n) is 5.49. The molecule has 0 saturated carbocycles. The number of sulfonamides is 1. The lowest BCUT2D eigenvalue weighted by molar-refractivity contribution is 0.0525. The molecule has 0 unspecified atom stereocenters. The average molecular weight is 491 g/mol. The van der Waals surface area contributed by atoms with Gasteiger partial charge in [-0.25, -0.2) is 13.2 Å². The van der Waals surface area contributed by atoms with Crippen LogP contribution in [0.1, 0.15) is 34.6 Å². The van der Waals surface area contributed by atoms with Crippen LogP contribution in [0.25, 0.3) is 0 Å². The Bertz CT molecular complexity index is 1090. The van der Waals surface area contributed by atoms with Crippen molar-refractivity contribution in [1.29, 1.82) is 0 Å². The highest BCUT2D eigenvalue weighted by Gasteiger charge is 2.29. The third-order valence-corrected chi connectivity index (χ3v) is 7.40. The van der Waals surface area contributed by atoms with Gasteiger partial charge in [0, 0.05) is 38.3 Å². The minimum absolute atomic E-state index is 0.0613. The second-order valence-electron chi connectivity index (χ2n) is 8.00. The lowest BCUT2D eigenvalue weighted by Crippen LogP contribution is -2.50. The number of benzene rings is 2. The van der Waals surface area contributed by atoms with Crippen molar-refractivity contribution < 1.29 is 32.6 Å². The first-order valence-electron chi connectivity index (χ1n) is 11.1. The molecule has 0 spiro atoms. The zero-order chi connectivity index (χ0) is 24.7. The van der Waals surface area contributed by atoms with Crippen LogP contribution in [0, 0.1) is 0 Å². The second-order valence-corrected chi connectivity index (χ2v) is 9.94. The van der Waals surface area contributed by atoms with Crippen LogP contribution >= 0.6 is 0 Å². The van der Waals surface area contributed by atoms with E-state index in [1.807, 2.05) is 4.90 Å². The first-order valence-corrected chi connectivity index (χ1v) is 12.6. The van der Waals surface area contributed by atoms with Crippen molar-refractivity contribution in [3.63, 3.8) is 0 Å². The molecule has 1 saturated heterocycles. The quantitative estimate of drug-likeness (QED) is 0.396. The van der Waals surface area contributed by atoms with Gasteiger partial charge >= 0.3 is 5.97 Å². The molecule has 3 rings (SSSR count). The SMILES string of the molecule is CCOC(=O)c1ccc(S(=O)(=O)N2CCN(C[C@@H](O)COc3cccc(C(C)=O)c3)CC2)cc1. The predicted molar refractivity (Wildman–Crippen MR) is 126 cm³/mol. The fourth-order valence-electron chi connectivity index (χ4n) is 3.63. The van der Waals surface area contributed by atoms with E-state index in [1.165, 1.54) is 35.5 Å². The molecule has 1 aliphatic rings. The minimum atomic E-state index is -3.69. The fourth-order valence-corrected chi connectivity index (χ4v) is 5.05. The van der Waals surface area contributed by atoms with Gasteiger partial charge in [-0.3, -0.25) is 9.69 Å². The van der Waals surface area contributed by atoms with Crippen LogP contribution in [0.4, 0.5) is 0 Å². The van der Waals surface area contributed by atoms with E-state index >= 15 is 0 Å². The van der Waals surface area contributed by atoms with Crippen molar-refractivity contribution in [2.45, 2.75) is 24.8 Å². The highest BCUT2D eigenvalue weighted by Crippen LogP contribution is 2.19. The Labute approximate surface area is 199 Å². The number of nitrogens with zero attached hydrogens (tertiary/aromatic N) is 2. The summed E-state index contributed by atoms with van der Waals surface area (Å²) in [5.74, 6) is -0.0421. The van der Waals surface area contributed by atoms with Crippen molar-refractivity contribution in [3.8, 4) is 5.75 Å². The summed E-state index contributed by atoms with van der Waals surface area (Å²) >= 11 is 0. The molecular formula is C24H30N2O7S. The van der Waals surface area contributed by atoms with Crippen LogP contribution in [0.5, 0.6) is 5.75 Å². The number of piperazine rings is 1. The van der Waals surface area contributed by atoms with Gasteiger partial charge in [-0.1, -0.05) is 12.1 Å². The van der Waals surface area contributed by atoms with Crippen LogP contribution in [-0.2, 0) is 14.8 Å². The fraction of sp³-hybridized carbons (Fsp3) is 0.417. The molecule has 0 aliphatic carbocycles. The van der Waals surface area contributed by atoms with Crippen LogP contribution in [0.2, 0.25) is 0 Å². The maximum absolute atomic E-state index is 13.0. The number of rotatable bonds is 10. The molecule has 1 atom stereocenters. The summed E-state index contributed by atoms with van der Waals surface area (Å²) in [4.78, 5) is 25.3. The smallest absolute Gasteiger partial charge is 0.338 e. The number of ketones is 1. The number of aliphatic hydroxyl groups is 1. The van der Waals surface area contributed by atoms with E-state index < -0.39 is 22.1 Å². The molecule has 1 aliphatic heterocycles. The van der Waals surface area contributed by atoms with Gasteiger partial charge in [-0.15, -0.1) is 0 Å². The first kappa shape index (κ1) is 25.8. The van der Waals surface area contributed by atoms with Crippen molar-refractivity contribution in [2.75, 3.05) is 45.9 Å². The Morgan fingerprint density at radius 1 is 1.03 bits per heavy atom. The Hall–Kier alpha value is -2.79. The Morgan fingerprint density at radius 2 is 1.71 bits per heavy atom. The summed E-state index contributed by atoms with van der Waals surface area (Å²) in [6.45, 7) is 5.35. The summed E-state index contributed by atoms with van der Waals surface area (Å²) in [6, 6.07) is 12.5. The zero-order valence-corrected chi connectivity index (χ0v) is 20.2. The Morgan fingerprint density at radius 3 is 2.32 bits per heavy atom. The molecule has 1 fully saturated rings. The summed E-state index contributed by atoms with van der Waals surface area (Å²) in [7, 11) is -3.69. The molecule has 184 valence electrons. The topological polar surface area (TPSA) is 113 Å². The van der Waals surface area contributed by atoms with E-state index in [2.05, 4.69) is 0 Å². The number of carbonyl (C=O) groups excluding carboxylic acids is 2. The summed E-state index contributed by atoms with van der Waals surface area (Å²) in [5.41, 5.74) is 0.842. The predicted octanol–water partition coefficient (Wildman–Crippen LogP) is 1.81. The van der Waals surface area contributed by atoms with E-state index in [0.717, 1.165) is 0 Å². The maximum Gasteiger partial charge on any atom is 0.338 e. The number of β-amino-alcohol motifs (C(OH)–C–C–N with tert-alkyl or cyclic N) is 1. The highest BCUT2D eigenvalue weighted by atomic mass is 32.2. The molecule has 1 N–H and O–H groups in total. The molecule has 0 amide bonds. The summed E-state index contributed by atoms with van der Waals surface area (Å²) < 4.78 is 37.8. The highest BCUT2D eigenvalue weighted by molar-refractivity contribution is 7.89. The molecular weight excluding hydrogens is 460 g/mol. The summed E-state index contributed by atoms with van der Waals surface area (Å²) in [6.07, 6.45) is -0.764. The van der Waals surface area contributed by atoms with Gasteiger partial charge in [0.25, 0.3) is 0 Å². The van der Waals surface area contributed by atoms with E-state index in [-0.39, 0.29) is 37.0 Å². The van der Waals surface area contributed by atoms with E-state index in [0.29, 0.717) is 36.5 Å². The Kier molecular flexibility index (Phi) is 8.78. The van der Waals surface area contributed by atoms with E-state index in [1.54, 1.807) is 31.2 Å². The van der Waals surface area contributed by atoms with Gasteiger partial charge in [-0.05, 0) is 50.2 Å². The van der Waals surface area contributed by atoms with Gasteiger partial charge in [0.2, 0.25) is 10.0 Å². The maximum atomic E-state index is 13.0. The largest absolute Gasteiger partial charge is 0.491 e. The minimum Gasteiger partial charge on any atom is -0.491 e. The Balaban J connectivity index is 1.49. The van der Waals surface area contributed by atoms with Crippen molar-refractivity contribution in [3.05, 3.63) is 59.7 Å². The molecule has 1 heterocycles. The molecule has 2 aromatic rings. The zero-order valence-electron chi connectivity index (χ0n) is 19.3. The number of hydrogen-bond donors (Lipinski definition) is 1. The van der Waals surface area contributed by atoms with Gasteiger partial charge in [0.1, 0.15) is 18.5 Å². The molecule has 10 heteroatoms. The molecule has 0 radical (unpaired) electrons. The number of esters is 1. The number of hydrogen-bond acceptors (Lipinski definition) is 8. The van der Waals surface area contributed by atoms with Gasteiger partial charge in [0.15, 0.2) is 5.78 Å². The molecule has 2 aromatic carbocycles. The van der Waals surface area contributed by atoms with Gasteiger partial charge < -0.3 is 14.6 Å². The summed E-state index contributed by atoms with van der Waals surface area (Å²) in [5, 5.41) is 10.4. The standard InChI is InChI=1S/C24H30N2O7S/c1-3-32-24(29)19-7-9-23(10-8-19)34(30,31)26-13-11-25(12-14-26)16-21(28)17-33-22-6-4-5-20(15-22)18(2)27/h4-10,15,21,28H,3,11-14,16-17H2,1-2H3/t21-/m1/s1. The van der Waals surface area contributed by atoms with E-state index in [4.69, 9.17) is 9.47 Å². The van der Waals surface area contributed by atoms with Gasteiger partial charge in [0.05, 0.1) is 17.1 Å². The number of aliphatic hydroxyl groups excluding tert-OH is 1. The van der Waals surface area contributed by atoms with Gasteiger partial charge in [-0.2, -0.15) is 4.31 Å². The molecule has 0 bridgehead atoms. The van der Waals surface area contributed by atoms with E-state index in [9.17, 15) is 23.1 Å². The molecule has 9 nitrogen and oxygen atoms in total. The van der Waals surface area contributed by atoms with Crippen LogP contribution in [0.15, 0.2) is 53.4 Å². The lowest BCUT2D eigenvalue weighted by Gasteiger charge is -2.34. The monoisotopic (exact) mass is 490 g/mol. The first-order chi connectivity index (χ1) is 16.2. The van der Waals surface area contributed by atoms with Crippen LogP contribution < -0.4 is 4.74 Å². The third kappa shape index (κ3) is 6.63. The van der Waals surface area contributed by atoms with Crippen molar-refractivity contribution >= 4 is 21.8 Å². The second kappa shape index (κ2) is 11.6. The van der Waals surface area contributed by atoms with Crippen LogP contribution in [0.3, 0.4) is 0 Å². The van der Waals surface area contributed by atoms with Crippen LogP contribution in [-0.4, -0.2) is 86.5 Å². The number of ether oxygens (including phenoxy) is 2. The van der Waals surface area contributed by atoms with Crippen molar-refractivity contribution in [2.24, 2.45) is 0 Å². The molecule has 0 aromatic heterocycles. The average Bonchev–Trinajstić information content (AvgIpc) is 2.83. The normalized spacial score (nSPS) is 16.1. The number of Topliss-reactive ketones (excluding diaryl/α,β-unsaturated/α-hetero) is 1. The lowest BCUT2D eigenvalue weighted by atomic mass is 10.1. The number of carbonyl (C=O) groups is 2. The van der Waals surface area contributed by atoms with Crippen molar-refractivity contribution in [1.82, 2.24) is 9.21 Å².